The summed E-state index contributed by atoms with van der Waals surface area (Å²) >= 11 is 0. The number of piperidine rings is 1. The number of carbonyl (C=O) groups excluding carboxylic acids is 1. The molecule has 2 unspecified atom stereocenters. The van der Waals surface area contributed by atoms with Crippen molar-refractivity contribution in [3.63, 3.8) is 0 Å². The van der Waals surface area contributed by atoms with E-state index >= 15 is 0 Å². The highest BCUT2D eigenvalue weighted by molar-refractivity contribution is 5.73. The van der Waals surface area contributed by atoms with Crippen LogP contribution < -0.4 is 4.74 Å². The fourth-order valence-corrected chi connectivity index (χ4v) is 3.50. The molecule has 2 saturated heterocycles. The molecule has 24 heavy (non-hydrogen) atoms. The van der Waals surface area contributed by atoms with E-state index in [9.17, 15) is 4.79 Å². The Kier molecular flexibility index (Phi) is 5.34. The second kappa shape index (κ2) is 7.65. The Morgan fingerprint density at radius 2 is 2.25 bits per heavy atom. The van der Waals surface area contributed by atoms with Crippen LogP contribution in [0.25, 0.3) is 0 Å². The third kappa shape index (κ3) is 3.69. The first kappa shape index (κ1) is 16.7. The molecule has 1 aromatic rings. The van der Waals surface area contributed by atoms with Gasteiger partial charge in [-0.1, -0.05) is 12.1 Å². The lowest BCUT2D eigenvalue weighted by Gasteiger charge is -2.46. The topological polar surface area (TPSA) is 65.8 Å². The molecule has 0 aromatic heterocycles. The predicted molar refractivity (Wildman–Crippen MR) is 88.6 cm³/mol. The van der Waals surface area contributed by atoms with Crippen LogP contribution in [-0.2, 0) is 9.53 Å². The van der Waals surface area contributed by atoms with Gasteiger partial charge in [0.05, 0.1) is 24.3 Å². The number of benzene rings is 1. The number of rotatable bonds is 4. The molecule has 0 saturated carbocycles. The minimum atomic E-state index is 0.120. The largest absolute Gasteiger partial charge is 0.491 e. The quantitative estimate of drug-likeness (QED) is 0.832. The smallest absolute Gasteiger partial charge is 0.219 e. The van der Waals surface area contributed by atoms with Crippen molar-refractivity contribution in [3.05, 3.63) is 29.8 Å². The molecular weight excluding hydrogens is 306 g/mol. The van der Waals surface area contributed by atoms with Crippen LogP contribution in [0, 0.1) is 11.3 Å². The Morgan fingerprint density at radius 3 is 3.04 bits per heavy atom. The molecule has 0 spiro atoms. The van der Waals surface area contributed by atoms with E-state index in [1.54, 1.807) is 13.0 Å². The first-order chi connectivity index (χ1) is 11.7. The van der Waals surface area contributed by atoms with Crippen LogP contribution in [-0.4, -0.2) is 67.2 Å². The molecule has 2 aliphatic rings. The molecule has 6 heteroatoms. The van der Waals surface area contributed by atoms with Crippen LogP contribution in [0.1, 0.15) is 18.9 Å². The minimum Gasteiger partial charge on any atom is -0.491 e. The SMILES string of the molecule is CC(=O)N1CCOC2CCN(CCOc3ccccc3C#N)CC21. The number of nitriles is 1. The van der Waals surface area contributed by atoms with E-state index in [0.717, 1.165) is 26.1 Å². The number of nitrogens with zero attached hydrogens (tertiary/aromatic N) is 3. The molecule has 2 fully saturated rings. The molecule has 2 aliphatic heterocycles. The first-order valence-corrected chi connectivity index (χ1v) is 8.42. The summed E-state index contributed by atoms with van der Waals surface area (Å²) in [6.45, 7) is 5.99. The second-order valence-electron chi connectivity index (χ2n) is 6.23. The van der Waals surface area contributed by atoms with Crippen LogP contribution in [0.5, 0.6) is 5.75 Å². The molecule has 6 nitrogen and oxygen atoms in total. The Bertz CT molecular complexity index is 628. The summed E-state index contributed by atoms with van der Waals surface area (Å²) in [5.41, 5.74) is 0.555. The Morgan fingerprint density at radius 1 is 1.42 bits per heavy atom. The van der Waals surface area contributed by atoms with Gasteiger partial charge in [-0.2, -0.15) is 5.26 Å². The third-order valence-corrected chi connectivity index (χ3v) is 4.75. The van der Waals surface area contributed by atoms with Crippen LogP contribution in [0.4, 0.5) is 0 Å². The standard InChI is InChI=1S/C18H23N3O3/c1-14(22)21-9-11-24-18-6-7-20(13-16(18)21)8-10-23-17-5-3-2-4-15(17)12-19/h2-5,16,18H,6-11,13H2,1H3. The van der Waals surface area contributed by atoms with E-state index in [0.29, 0.717) is 31.1 Å². The van der Waals surface area contributed by atoms with Gasteiger partial charge < -0.3 is 14.4 Å². The second-order valence-corrected chi connectivity index (χ2v) is 6.23. The zero-order valence-corrected chi connectivity index (χ0v) is 14.0. The number of fused-ring (bicyclic) bond motifs is 1. The number of likely N-dealkylation sites (tertiary alicyclic amines) is 1. The lowest BCUT2D eigenvalue weighted by Crippen LogP contribution is -2.61. The van der Waals surface area contributed by atoms with Crippen molar-refractivity contribution in [2.75, 3.05) is 39.4 Å². The summed E-state index contributed by atoms with van der Waals surface area (Å²) in [7, 11) is 0. The van der Waals surface area contributed by atoms with Crippen molar-refractivity contribution in [2.24, 2.45) is 0 Å². The lowest BCUT2D eigenvalue weighted by molar-refractivity contribution is -0.150. The first-order valence-electron chi connectivity index (χ1n) is 8.42. The maximum Gasteiger partial charge on any atom is 0.219 e. The van der Waals surface area contributed by atoms with E-state index in [4.69, 9.17) is 14.7 Å². The van der Waals surface area contributed by atoms with Gasteiger partial charge in [-0.3, -0.25) is 9.69 Å². The zero-order valence-electron chi connectivity index (χ0n) is 14.0. The number of para-hydroxylation sites is 1. The fraction of sp³-hybridized carbons (Fsp3) is 0.556. The highest BCUT2D eigenvalue weighted by Gasteiger charge is 2.37. The van der Waals surface area contributed by atoms with Gasteiger partial charge in [0.25, 0.3) is 0 Å². The molecule has 0 N–H and O–H groups in total. The Hall–Kier alpha value is -2.10. The summed E-state index contributed by atoms with van der Waals surface area (Å²) in [5, 5.41) is 9.09. The van der Waals surface area contributed by atoms with Crippen molar-refractivity contribution < 1.29 is 14.3 Å². The molecule has 2 atom stereocenters. The number of carbonyl (C=O) groups is 1. The summed E-state index contributed by atoms with van der Waals surface area (Å²) in [4.78, 5) is 16.1. The van der Waals surface area contributed by atoms with E-state index in [1.807, 2.05) is 23.1 Å². The summed E-state index contributed by atoms with van der Waals surface area (Å²) < 4.78 is 11.6. The van der Waals surface area contributed by atoms with Crippen molar-refractivity contribution in [1.29, 1.82) is 5.26 Å². The van der Waals surface area contributed by atoms with Gasteiger partial charge in [0.2, 0.25) is 5.91 Å². The van der Waals surface area contributed by atoms with E-state index in [-0.39, 0.29) is 18.1 Å². The van der Waals surface area contributed by atoms with Gasteiger partial charge in [-0.15, -0.1) is 0 Å². The highest BCUT2D eigenvalue weighted by atomic mass is 16.5. The molecule has 2 heterocycles. The maximum absolute atomic E-state index is 11.8. The molecule has 1 aromatic carbocycles. The van der Waals surface area contributed by atoms with Gasteiger partial charge in [0.15, 0.2) is 0 Å². The van der Waals surface area contributed by atoms with Gasteiger partial charge >= 0.3 is 0 Å². The monoisotopic (exact) mass is 329 g/mol. The van der Waals surface area contributed by atoms with Gasteiger partial charge in [0.1, 0.15) is 18.4 Å². The number of hydrogen-bond donors (Lipinski definition) is 0. The van der Waals surface area contributed by atoms with E-state index < -0.39 is 0 Å². The highest BCUT2D eigenvalue weighted by Crippen LogP contribution is 2.23. The Balaban J connectivity index is 1.53. The zero-order chi connectivity index (χ0) is 16.9. The van der Waals surface area contributed by atoms with Crippen LogP contribution in [0.2, 0.25) is 0 Å². The number of morpholine rings is 1. The summed E-state index contributed by atoms with van der Waals surface area (Å²) in [6.07, 6.45) is 1.09. The molecule has 1 amide bonds. The van der Waals surface area contributed by atoms with Gasteiger partial charge in [-0.05, 0) is 18.6 Å². The normalized spacial score (nSPS) is 24.1. The summed E-state index contributed by atoms with van der Waals surface area (Å²) in [6, 6.07) is 9.54. The molecule has 3 rings (SSSR count). The average Bonchev–Trinajstić information content (AvgIpc) is 2.61. The molecule has 128 valence electrons. The third-order valence-electron chi connectivity index (χ3n) is 4.75. The molecule has 0 bridgehead atoms. The van der Waals surface area contributed by atoms with Crippen LogP contribution in [0.3, 0.4) is 0 Å². The molecular formula is C18H23N3O3. The van der Waals surface area contributed by atoms with Crippen molar-refractivity contribution in [2.45, 2.75) is 25.5 Å². The van der Waals surface area contributed by atoms with Crippen molar-refractivity contribution >= 4 is 5.91 Å². The van der Waals surface area contributed by atoms with Crippen molar-refractivity contribution in [3.8, 4) is 11.8 Å². The molecule has 0 radical (unpaired) electrons. The van der Waals surface area contributed by atoms with E-state index in [1.165, 1.54) is 0 Å². The number of amides is 1. The van der Waals surface area contributed by atoms with Crippen LogP contribution in [0.15, 0.2) is 24.3 Å². The predicted octanol–water partition coefficient (Wildman–Crippen LogP) is 1.26. The van der Waals surface area contributed by atoms with E-state index in [2.05, 4.69) is 11.0 Å². The average molecular weight is 329 g/mol. The minimum absolute atomic E-state index is 0.120. The Labute approximate surface area is 142 Å². The molecule has 0 aliphatic carbocycles. The number of hydrogen-bond acceptors (Lipinski definition) is 5. The van der Waals surface area contributed by atoms with Crippen LogP contribution >= 0.6 is 0 Å². The maximum atomic E-state index is 11.8. The van der Waals surface area contributed by atoms with Gasteiger partial charge in [-0.25, -0.2) is 0 Å². The van der Waals surface area contributed by atoms with Crippen molar-refractivity contribution in [1.82, 2.24) is 9.80 Å². The fourth-order valence-electron chi connectivity index (χ4n) is 3.50. The summed E-state index contributed by atoms with van der Waals surface area (Å²) in [5.74, 6) is 0.746. The lowest BCUT2D eigenvalue weighted by atomic mass is 9.98. The van der Waals surface area contributed by atoms with Gasteiger partial charge in [0, 0.05) is 33.1 Å². The number of ether oxygens (including phenoxy) is 2.